The maximum absolute atomic E-state index is 12.8. The third-order valence-corrected chi connectivity index (χ3v) is 6.58. The van der Waals surface area contributed by atoms with Crippen molar-refractivity contribution in [2.45, 2.75) is 30.7 Å². The maximum Gasteiger partial charge on any atom is 0.287 e. The summed E-state index contributed by atoms with van der Waals surface area (Å²) in [4.78, 5) is 12.2. The van der Waals surface area contributed by atoms with Gasteiger partial charge in [-0.1, -0.05) is 17.7 Å². The van der Waals surface area contributed by atoms with Gasteiger partial charge in [0.1, 0.15) is 0 Å². The summed E-state index contributed by atoms with van der Waals surface area (Å²) in [5.74, 6) is -0.0263. The van der Waals surface area contributed by atoms with E-state index in [2.05, 4.69) is 5.32 Å². The summed E-state index contributed by atoms with van der Waals surface area (Å²) in [5.41, 5.74) is 0.664. The Morgan fingerprint density at radius 1 is 1.28 bits per heavy atom. The maximum atomic E-state index is 12.8. The van der Waals surface area contributed by atoms with Gasteiger partial charge in [0.2, 0.25) is 10.0 Å². The van der Waals surface area contributed by atoms with E-state index >= 15 is 0 Å². The molecule has 1 aliphatic rings. The van der Waals surface area contributed by atoms with Crippen molar-refractivity contribution >= 4 is 27.5 Å². The number of sulfonamides is 1. The first-order valence-corrected chi connectivity index (χ1v) is 9.80. The number of hydrogen-bond acceptors (Lipinski definition) is 4. The molecule has 0 radical (unpaired) electrons. The summed E-state index contributed by atoms with van der Waals surface area (Å²) in [6, 6.07) is 8.02. The molecule has 25 heavy (non-hydrogen) atoms. The second kappa shape index (κ2) is 7.19. The minimum atomic E-state index is -3.59. The Balaban J connectivity index is 1.65. The summed E-state index contributed by atoms with van der Waals surface area (Å²) in [6.45, 7) is 2.44. The highest BCUT2D eigenvalue weighted by atomic mass is 35.5. The van der Waals surface area contributed by atoms with E-state index in [1.807, 2.05) is 0 Å². The number of carbonyl (C=O) groups is 1. The molecular weight excluding hydrogens is 364 g/mol. The molecule has 134 valence electrons. The van der Waals surface area contributed by atoms with Crippen LogP contribution in [0.1, 0.15) is 29.0 Å². The van der Waals surface area contributed by atoms with Crippen molar-refractivity contribution in [2.75, 3.05) is 13.1 Å². The van der Waals surface area contributed by atoms with Crippen LogP contribution in [0, 0.1) is 6.92 Å². The van der Waals surface area contributed by atoms with Crippen molar-refractivity contribution in [2.24, 2.45) is 0 Å². The number of carbonyl (C=O) groups excluding carboxylic acids is 1. The molecule has 0 atom stereocenters. The summed E-state index contributed by atoms with van der Waals surface area (Å²) >= 11 is 5.95. The van der Waals surface area contributed by atoms with Gasteiger partial charge < -0.3 is 9.73 Å². The number of hydrogen-bond donors (Lipinski definition) is 1. The van der Waals surface area contributed by atoms with Crippen LogP contribution in [0.25, 0.3) is 0 Å². The lowest BCUT2D eigenvalue weighted by Crippen LogP contribution is -2.46. The highest BCUT2D eigenvalue weighted by Gasteiger charge is 2.31. The highest BCUT2D eigenvalue weighted by Crippen LogP contribution is 2.26. The Kier molecular flexibility index (Phi) is 5.17. The summed E-state index contributed by atoms with van der Waals surface area (Å²) < 4.78 is 32.2. The first-order valence-electron chi connectivity index (χ1n) is 7.98. The second-order valence-electron chi connectivity index (χ2n) is 6.04. The number of piperidine rings is 1. The average molecular weight is 383 g/mol. The van der Waals surface area contributed by atoms with Gasteiger partial charge in [-0.3, -0.25) is 4.79 Å². The van der Waals surface area contributed by atoms with E-state index in [9.17, 15) is 13.2 Å². The lowest BCUT2D eigenvalue weighted by Gasteiger charge is -2.31. The van der Waals surface area contributed by atoms with Crippen LogP contribution in [0.15, 0.2) is 45.9 Å². The van der Waals surface area contributed by atoms with Crippen molar-refractivity contribution in [3.05, 3.63) is 52.9 Å². The predicted octanol–water partition coefficient (Wildman–Crippen LogP) is 2.82. The number of nitrogens with zero attached hydrogens (tertiary/aromatic N) is 1. The number of halogens is 1. The molecule has 2 heterocycles. The smallest absolute Gasteiger partial charge is 0.287 e. The van der Waals surface area contributed by atoms with Crippen molar-refractivity contribution in [1.29, 1.82) is 0 Å². The fraction of sp³-hybridized carbons (Fsp3) is 0.353. The number of nitrogens with one attached hydrogen (secondary N) is 1. The Morgan fingerprint density at radius 2 is 2.00 bits per heavy atom. The summed E-state index contributed by atoms with van der Waals surface area (Å²) in [6.07, 6.45) is 2.54. The van der Waals surface area contributed by atoms with Crippen LogP contribution in [0.4, 0.5) is 0 Å². The Labute approximate surface area is 151 Å². The van der Waals surface area contributed by atoms with E-state index in [0.717, 1.165) is 0 Å². The Bertz CT molecular complexity index is 857. The quantitative estimate of drug-likeness (QED) is 0.881. The molecule has 0 spiro atoms. The van der Waals surface area contributed by atoms with Gasteiger partial charge in [-0.25, -0.2) is 8.42 Å². The second-order valence-corrected chi connectivity index (χ2v) is 8.38. The molecule has 0 saturated carbocycles. The zero-order valence-electron chi connectivity index (χ0n) is 13.7. The third-order valence-electron chi connectivity index (χ3n) is 4.30. The van der Waals surface area contributed by atoms with E-state index in [1.54, 1.807) is 31.2 Å². The molecular formula is C17H19ClN2O4S. The van der Waals surface area contributed by atoms with Gasteiger partial charge in [0, 0.05) is 24.2 Å². The monoisotopic (exact) mass is 382 g/mol. The summed E-state index contributed by atoms with van der Waals surface area (Å²) in [7, 11) is -3.59. The molecule has 6 nitrogen and oxygen atoms in total. The number of benzene rings is 1. The van der Waals surface area contributed by atoms with Crippen molar-refractivity contribution in [1.82, 2.24) is 9.62 Å². The molecule has 1 saturated heterocycles. The van der Waals surface area contributed by atoms with Gasteiger partial charge in [-0.15, -0.1) is 0 Å². The standard InChI is InChI=1S/C17H19ClN2O4S/c1-12-4-5-13(18)11-16(12)25(22,23)20-8-6-14(7-9-20)19-17(21)15-3-2-10-24-15/h2-5,10-11,14H,6-9H2,1H3,(H,19,21). The molecule has 0 unspecified atom stereocenters. The van der Waals surface area contributed by atoms with Gasteiger partial charge in [0.25, 0.3) is 5.91 Å². The largest absolute Gasteiger partial charge is 0.459 e. The number of aryl methyl sites for hydroxylation is 1. The molecule has 0 bridgehead atoms. The molecule has 0 aliphatic carbocycles. The fourth-order valence-electron chi connectivity index (χ4n) is 2.90. The van der Waals surface area contributed by atoms with Crippen LogP contribution >= 0.6 is 11.6 Å². The predicted molar refractivity (Wildman–Crippen MR) is 94.1 cm³/mol. The Hall–Kier alpha value is -1.83. The van der Waals surface area contributed by atoms with Crippen LogP contribution in [-0.4, -0.2) is 37.8 Å². The molecule has 1 N–H and O–H groups in total. The highest BCUT2D eigenvalue weighted by molar-refractivity contribution is 7.89. The molecule has 1 aliphatic heterocycles. The van der Waals surface area contributed by atoms with E-state index in [1.165, 1.54) is 16.6 Å². The molecule has 1 aromatic heterocycles. The number of furan rings is 1. The van der Waals surface area contributed by atoms with Crippen molar-refractivity contribution < 1.29 is 17.6 Å². The summed E-state index contributed by atoms with van der Waals surface area (Å²) in [5, 5.41) is 3.27. The molecule has 8 heteroatoms. The fourth-order valence-corrected chi connectivity index (χ4v) is 4.85. The van der Waals surface area contributed by atoms with E-state index in [-0.39, 0.29) is 22.6 Å². The van der Waals surface area contributed by atoms with E-state index in [0.29, 0.717) is 36.5 Å². The van der Waals surface area contributed by atoms with E-state index in [4.69, 9.17) is 16.0 Å². The lowest BCUT2D eigenvalue weighted by atomic mass is 10.1. The van der Waals surface area contributed by atoms with Gasteiger partial charge in [-0.2, -0.15) is 4.31 Å². The van der Waals surface area contributed by atoms with Crippen LogP contribution < -0.4 is 5.32 Å². The molecule has 1 fully saturated rings. The molecule has 1 amide bonds. The third kappa shape index (κ3) is 3.89. The zero-order chi connectivity index (χ0) is 18.0. The normalized spacial score (nSPS) is 16.7. The van der Waals surface area contributed by atoms with Gasteiger partial charge in [0.05, 0.1) is 11.2 Å². The van der Waals surface area contributed by atoms with Crippen LogP contribution in [0.2, 0.25) is 5.02 Å². The molecule has 2 aromatic rings. The van der Waals surface area contributed by atoms with Gasteiger partial charge >= 0.3 is 0 Å². The molecule has 1 aromatic carbocycles. The SMILES string of the molecule is Cc1ccc(Cl)cc1S(=O)(=O)N1CCC(NC(=O)c2ccco2)CC1. The topological polar surface area (TPSA) is 79.6 Å². The number of amides is 1. The first kappa shape index (κ1) is 18.0. The lowest BCUT2D eigenvalue weighted by molar-refractivity contribution is 0.0895. The van der Waals surface area contributed by atoms with Crippen LogP contribution in [0.3, 0.4) is 0 Å². The van der Waals surface area contributed by atoms with Crippen molar-refractivity contribution in [3.63, 3.8) is 0 Å². The van der Waals surface area contributed by atoms with Gasteiger partial charge in [0.15, 0.2) is 5.76 Å². The zero-order valence-corrected chi connectivity index (χ0v) is 15.3. The van der Waals surface area contributed by atoms with Crippen LogP contribution in [-0.2, 0) is 10.0 Å². The van der Waals surface area contributed by atoms with Crippen molar-refractivity contribution in [3.8, 4) is 0 Å². The van der Waals surface area contributed by atoms with Crippen LogP contribution in [0.5, 0.6) is 0 Å². The number of rotatable bonds is 4. The van der Waals surface area contributed by atoms with Gasteiger partial charge in [-0.05, 0) is 49.6 Å². The first-order chi connectivity index (χ1) is 11.9. The minimum Gasteiger partial charge on any atom is -0.459 e. The Morgan fingerprint density at radius 3 is 2.64 bits per heavy atom. The molecule has 3 rings (SSSR count). The average Bonchev–Trinajstić information content (AvgIpc) is 3.12. The van der Waals surface area contributed by atoms with E-state index < -0.39 is 10.0 Å². The minimum absolute atomic E-state index is 0.0792.